The molecule has 7 heteroatoms. The van der Waals surface area contributed by atoms with E-state index in [9.17, 15) is 27.7 Å². The maximum Gasteiger partial charge on any atom is 0.417 e. The van der Waals surface area contributed by atoms with Gasteiger partial charge in [-0.25, -0.2) is 4.39 Å². The molecule has 2 aromatic rings. The molecule has 0 fully saturated rings. The number of hydrogen-bond acceptors (Lipinski definition) is 2. The second kappa shape index (κ2) is 4.92. The third-order valence-electron chi connectivity index (χ3n) is 2.69. The van der Waals surface area contributed by atoms with E-state index in [2.05, 4.69) is 0 Å². The summed E-state index contributed by atoms with van der Waals surface area (Å²) in [6, 6.07) is 7.09. The average Bonchev–Trinajstić information content (AvgIpc) is 2.37. The summed E-state index contributed by atoms with van der Waals surface area (Å²) in [6.07, 6.45) is -4.73. The summed E-state index contributed by atoms with van der Waals surface area (Å²) in [5.74, 6) is -1.07. The van der Waals surface area contributed by atoms with E-state index >= 15 is 0 Å². The molecule has 0 heterocycles. The topological polar surface area (TPSA) is 43.1 Å². The van der Waals surface area contributed by atoms with Crippen LogP contribution in [-0.2, 0) is 6.18 Å². The van der Waals surface area contributed by atoms with Gasteiger partial charge in [-0.15, -0.1) is 0 Å². The maximum absolute atomic E-state index is 13.8. The molecule has 0 aromatic heterocycles. The number of nitro groups is 1. The molecule has 0 unspecified atom stereocenters. The number of nitrogens with zero attached hydrogens (tertiary/aromatic N) is 1. The molecule has 0 spiro atoms. The minimum Gasteiger partial charge on any atom is -0.258 e. The van der Waals surface area contributed by atoms with Crippen molar-refractivity contribution < 1.29 is 22.5 Å². The number of rotatable bonds is 2. The summed E-state index contributed by atoms with van der Waals surface area (Å²) in [5.41, 5.74) is -3.04. The first-order valence-corrected chi connectivity index (χ1v) is 5.42. The van der Waals surface area contributed by atoms with E-state index in [1.165, 1.54) is 6.07 Å². The number of nitro benzene ring substituents is 1. The van der Waals surface area contributed by atoms with E-state index in [4.69, 9.17) is 0 Å². The van der Waals surface area contributed by atoms with Crippen molar-refractivity contribution in [2.24, 2.45) is 0 Å². The smallest absolute Gasteiger partial charge is 0.258 e. The molecule has 2 aromatic carbocycles. The lowest BCUT2D eigenvalue weighted by molar-refractivity contribution is -0.384. The summed E-state index contributed by atoms with van der Waals surface area (Å²) in [7, 11) is 0. The molecular weight excluding hydrogens is 278 g/mol. The van der Waals surface area contributed by atoms with Gasteiger partial charge in [-0.1, -0.05) is 24.3 Å². The first-order valence-electron chi connectivity index (χ1n) is 5.42. The van der Waals surface area contributed by atoms with Crippen molar-refractivity contribution in [1.29, 1.82) is 0 Å². The van der Waals surface area contributed by atoms with Crippen LogP contribution < -0.4 is 0 Å². The van der Waals surface area contributed by atoms with E-state index in [0.29, 0.717) is 0 Å². The highest BCUT2D eigenvalue weighted by Gasteiger charge is 2.35. The average molecular weight is 285 g/mol. The van der Waals surface area contributed by atoms with Gasteiger partial charge in [0.2, 0.25) is 0 Å². The zero-order valence-electron chi connectivity index (χ0n) is 9.82. The summed E-state index contributed by atoms with van der Waals surface area (Å²) in [4.78, 5) is 9.95. The van der Waals surface area contributed by atoms with Crippen LogP contribution in [0.3, 0.4) is 0 Å². The van der Waals surface area contributed by atoms with Crippen LogP contribution in [0.15, 0.2) is 42.5 Å². The van der Waals surface area contributed by atoms with Crippen LogP contribution in [0.2, 0.25) is 0 Å². The Morgan fingerprint density at radius 1 is 1.00 bits per heavy atom. The van der Waals surface area contributed by atoms with Gasteiger partial charge in [-0.05, 0) is 12.1 Å². The highest BCUT2D eigenvalue weighted by molar-refractivity contribution is 5.77. The number of benzene rings is 2. The third kappa shape index (κ3) is 2.47. The zero-order chi connectivity index (χ0) is 14.9. The van der Waals surface area contributed by atoms with Crippen LogP contribution >= 0.6 is 0 Å². The zero-order valence-corrected chi connectivity index (χ0v) is 9.82. The Morgan fingerprint density at radius 2 is 1.65 bits per heavy atom. The Labute approximate surface area is 110 Å². The minimum absolute atomic E-state index is 0.551. The molecule has 104 valence electrons. The second-order valence-electron chi connectivity index (χ2n) is 3.93. The van der Waals surface area contributed by atoms with E-state index in [1.54, 1.807) is 0 Å². The lowest BCUT2D eigenvalue weighted by atomic mass is 9.97. The van der Waals surface area contributed by atoms with E-state index in [0.717, 1.165) is 36.4 Å². The van der Waals surface area contributed by atoms with Gasteiger partial charge in [0.05, 0.1) is 16.1 Å². The maximum atomic E-state index is 13.8. The predicted octanol–water partition coefficient (Wildman–Crippen LogP) is 4.42. The fourth-order valence-corrected chi connectivity index (χ4v) is 1.88. The SMILES string of the molecule is O=[N+]([O-])c1cccc(F)c1-c1ccccc1C(F)(F)F. The molecule has 0 atom stereocenters. The van der Waals surface area contributed by atoms with Gasteiger partial charge < -0.3 is 0 Å². The van der Waals surface area contributed by atoms with Crippen molar-refractivity contribution in [2.45, 2.75) is 6.18 Å². The summed E-state index contributed by atoms with van der Waals surface area (Å²) in [5, 5.41) is 10.9. The molecule has 0 N–H and O–H groups in total. The van der Waals surface area contributed by atoms with Gasteiger partial charge in [-0.3, -0.25) is 10.1 Å². The molecule has 2 rings (SSSR count). The van der Waals surface area contributed by atoms with Crippen molar-refractivity contribution in [1.82, 2.24) is 0 Å². The van der Waals surface area contributed by atoms with Crippen LogP contribution in [0.25, 0.3) is 11.1 Å². The Hall–Kier alpha value is -2.44. The van der Waals surface area contributed by atoms with Crippen LogP contribution in [0.5, 0.6) is 0 Å². The molecule has 0 saturated carbocycles. The molecule has 0 aliphatic carbocycles. The van der Waals surface area contributed by atoms with E-state index in [-0.39, 0.29) is 0 Å². The third-order valence-corrected chi connectivity index (χ3v) is 2.69. The normalized spacial score (nSPS) is 11.4. The van der Waals surface area contributed by atoms with Crippen molar-refractivity contribution in [2.75, 3.05) is 0 Å². The van der Waals surface area contributed by atoms with Crippen molar-refractivity contribution >= 4 is 5.69 Å². The van der Waals surface area contributed by atoms with Crippen molar-refractivity contribution in [3.8, 4) is 11.1 Å². The Bertz CT molecular complexity index is 668. The molecule has 20 heavy (non-hydrogen) atoms. The van der Waals surface area contributed by atoms with Crippen LogP contribution in [0.1, 0.15) is 5.56 Å². The van der Waals surface area contributed by atoms with E-state index < -0.39 is 39.3 Å². The molecule has 0 radical (unpaired) electrons. The monoisotopic (exact) mass is 285 g/mol. The molecule has 0 saturated heterocycles. The minimum atomic E-state index is -4.73. The Morgan fingerprint density at radius 3 is 2.25 bits per heavy atom. The van der Waals surface area contributed by atoms with Crippen LogP contribution in [0, 0.1) is 15.9 Å². The molecule has 0 bridgehead atoms. The van der Waals surface area contributed by atoms with Gasteiger partial charge in [0.1, 0.15) is 5.82 Å². The summed E-state index contributed by atoms with van der Waals surface area (Å²) in [6.45, 7) is 0. The Balaban J connectivity index is 2.79. The van der Waals surface area contributed by atoms with Gasteiger partial charge in [0, 0.05) is 11.6 Å². The number of halogens is 4. The highest BCUT2D eigenvalue weighted by Crippen LogP contribution is 2.41. The second-order valence-corrected chi connectivity index (χ2v) is 3.93. The van der Waals surface area contributed by atoms with E-state index in [1.807, 2.05) is 0 Å². The van der Waals surface area contributed by atoms with Gasteiger partial charge in [0.15, 0.2) is 0 Å². The van der Waals surface area contributed by atoms with Crippen molar-refractivity contribution in [3.05, 3.63) is 64.0 Å². The van der Waals surface area contributed by atoms with Gasteiger partial charge in [0.25, 0.3) is 5.69 Å². The number of hydrogen-bond donors (Lipinski definition) is 0. The summed E-state index contributed by atoms with van der Waals surface area (Å²) < 4.78 is 52.5. The molecular formula is C13H7F4NO2. The van der Waals surface area contributed by atoms with Gasteiger partial charge >= 0.3 is 6.18 Å². The van der Waals surface area contributed by atoms with Gasteiger partial charge in [-0.2, -0.15) is 13.2 Å². The van der Waals surface area contributed by atoms with Crippen LogP contribution in [-0.4, -0.2) is 4.92 Å². The predicted molar refractivity (Wildman–Crippen MR) is 63.5 cm³/mol. The molecule has 0 aliphatic heterocycles. The van der Waals surface area contributed by atoms with Crippen LogP contribution in [0.4, 0.5) is 23.2 Å². The lowest BCUT2D eigenvalue weighted by Crippen LogP contribution is -2.08. The van der Waals surface area contributed by atoms with Crippen molar-refractivity contribution in [3.63, 3.8) is 0 Å². The summed E-state index contributed by atoms with van der Waals surface area (Å²) >= 11 is 0. The quantitative estimate of drug-likeness (QED) is 0.465. The lowest BCUT2D eigenvalue weighted by Gasteiger charge is -2.13. The first-order chi connectivity index (χ1) is 9.32. The fourth-order valence-electron chi connectivity index (χ4n) is 1.88. The molecule has 0 aliphatic rings. The molecule has 0 amide bonds. The highest BCUT2D eigenvalue weighted by atomic mass is 19.4. The largest absolute Gasteiger partial charge is 0.417 e. The molecule has 3 nitrogen and oxygen atoms in total. The number of alkyl halides is 3. The first kappa shape index (κ1) is 14.0. The standard InChI is InChI=1S/C13H7F4NO2/c14-10-6-3-7-11(18(19)20)12(10)8-4-1-2-5-9(8)13(15,16)17/h1-7H. The fraction of sp³-hybridized carbons (Fsp3) is 0.0769. The Kier molecular flexibility index (Phi) is 3.44.